The summed E-state index contributed by atoms with van der Waals surface area (Å²) in [7, 11) is 0. The van der Waals surface area contributed by atoms with Gasteiger partial charge in [-0.05, 0) is 80.0 Å². The Labute approximate surface area is 151 Å². The highest BCUT2D eigenvalue weighted by molar-refractivity contribution is 8.01. The molecule has 5 heteroatoms. The van der Waals surface area contributed by atoms with Crippen LogP contribution in [-0.2, 0) is 0 Å². The van der Waals surface area contributed by atoms with E-state index in [9.17, 15) is 4.79 Å². The predicted molar refractivity (Wildman–Crippen MR) is 100 cm³/mol. The van der Waals surface area contributed by atoms with E-state index in [1.807, 2.05) is 24.3 Å². The molecule has 3 aliphatic rings. The maximum absolute atomic E-state index is 12.5. The van der Waals surface area contributed by atoms with E-state index in [1.54, 1.807) is 23.1 Å². The van der Waals surface area contributed by atoms with Crippen LogP contribution >= 0.6 is 23.1 Å². The van der Waals surface area contributed by atoms with E-state index < -0.39 is 0 Å². The number of thiophene rings is 1. The molecule has 1 amide bonds. The number of hydrogen-bond donors (Lipinski definition) is 1. The van der Waals surface area contributed by atoms with E-state index in [1.165, 1.54) is 40.6 Å². The average molecular weight is 359 g/mol. The van der Waals surface area contributed by atoms with Crippen LogP contribution in [0.4, 0.5) is 0 Å². The second-order valence-electron chi connectivity index (χ2n) is 6.79. The molecule has 24 heavy (non-hydrogen) atoms. The molecule has 3 saturated heterocycles. The molecule has 5 rings (SSSR count). The summed E-state index contributed by atoms with van der Waals surface area (Å²) in [5.41, 5.74) is 2.06. The van der Waals surface area contributed by atoms with Crippen LogP contribution in [0.5, 0.6) is 0 Å². The van der Waals surface area contributed by atoms with Gasteiger partial charge in [-0.15, -0.1) is 11.3 Å². The molecule has 3 nitrogen and oxygen atoms in total. The first-order valence-electron chi connectivity index (χ1n) is 8.54. The van der Waals surface area contributed by atoms with E-state index in [0.717, 1.165) is 12.1 Å². The van der Waals surface area contributed by atoms with Gasteiger partial charge in [-0.25, -0.2) is 0 Å². The zero-order chi connectivity index (χ0) is 16.5. The number of rotatable bonds is 4. The number of hydrogen-bond acceptors (Lipinski definition) is 4. The molecule has 126 valence electrons. The molecule has 3 fully saturated rings. The van der Waals surface area contributed by atoms with Crippen molar-refractivity contribution in [3.05, 3.63) is 46.8 Å². The van der Waals surface area contributed by atoms with Crippen LogP contribution in [0.3, 0.4) is 0 Å². The van der Waals surface area contributed by atoms with Crippen LogP contribution in [0.15, 0.2) is 44.8 Å². The van der Waals surface area contributed by atoms with Crippen LogP contribution < -0.4 is 5.32 Å². The number of carbonyl (C=O) groups excluding carboxylic acids is 1. The molecule has 0 aliphatic carbocycles. The number of piperidine rings is 3. The molecule has 2 bridgehead atoms. The summed E-state index contributed by atoms with van der Waals surface area (Å²) >= 11 is 3.52. The third-order valence-corrected chi connectivity index (χ3v) is 7.22. The number of benzene rings is 1. The van der Waals surface area contributed by atoms with Gasteiger partial charge in [-0.3, -0.25) is 4.79 Å². The number of nitrogens with zero attached hydrogens (tertiary/aromatic N) is 1. The summed E-state index contributed by atoms with van der Waals surface area (Å²) in [4.78, 5) is 16.2. The van der Waals surface area contributed by atoms with Gasteiger partial charge in [-0.1, -0.05) is 11.8 Å². The minimum absolute atomic E-state index is 0.0669. The summed E-state index contributed by atoms with van der Waals surface area (Å²) in [6.07, 6.45) is 2.45. The first-order valence-corrected chi connectivity index (χ1v) is 10.2. The van der Waals surface area contributed by atoms with Crippen molar-refractivity contribution in [2.24, 2.45) is 5.92 Å². The number of carbonyl (C=O) groups is 1. The molecule has 1 N–H and O–H groups in total. The molecule has 1 atom stereocenters. The maximum Gasteiger partial charge on any atom is 0.251 e. The Hall–Kier alpha value is -1.30. The molecule has 0 saturated carbocycles. The number of fused-ring (bicyclic) bond motifs is 3. The van der Waals surface area contributed by atoms with E-state index in [-0.39, 0.29) is 5.91 Å². The van der Waals surface area contributed by atoms with Gasteiger partial charge in [0.15, 0.2) is 0 Å². The number of nitrogens with one attached hydrogen (secondary N) is 1. The summed E-state index contributed by atoms with van der Waals surface area (Å²) in [6.45, 7) is 5.53. The van der Waals surface area contributed by atoms with Crippen molar-refractivity contribution in [1.82, 2.24) is 10.2 Å². The first-order chi connectivity index (χ1) is 11.7. The Kier molecular flexibility index (Phi) is 4.66. The molecule has 0 spiro atoms. The molecule has 1 unspecified atom stereocenters. The summed E-state index contributed by atoms with van der Waals surface area (Å²) in [5, 5.41) is 5.42. The van der Waals surface area contributed by atoms with E-state index >= 15 is 0 Å². The molecule has 0 radical (unpaired) electrons. The summed E-state index contributed by atoms with van der Waals surface area (Å²) < 4.78 is 1.29. The lowest BCUT2D eigenvalue weighted by molar-refractivity contribution is 0.0620. The van der Waals surface area contributed by atoms with Crippen molar-refractivity contribution >= 4 is 29.0 Å². The lowest BCUT2D eigenvalue weighted by atomic mass is 9.84. The van der Waals surface area contributed by atoms with Crippen LogP contribution in [0.1, 0.15) is 28.8 Å². The average Bonchev–Trinajstić information content (AvgIpc) is 3.01. The third-order valence-electron chi connectivity index (χ3n) is 5.01. The monoisotopic (exact) mass is 358 g/mol. The first kappa shape index (κ1) is 16.2. The van der Waals surface area contributed by atoms with Gasteiger partial charge in [0.05, 0.1) is 4.21 Å². The summed E-state index contributed by atoms with van der Waals surface area (Å²) in [5.74, 6) is 0.730. The molecular weight excluding hydrogens is 336 g/mol. The Morgan fingerprint density at radius 3 is 2.58 bits per heavy atom. The Bertz CT molecular complexity index is 717. The topological polar surface area (TPSA) is 32.3 Å². The van der Waals surface area contributed by atoms with Crippen molar-refractivity contribution in [3.63, 3.8) is 0 Å². The smallest absolute Gasteiger partial charge is 0.251 e. The Balaban J connectivity index is 1.38. The van der Waals surface area contributed by atoms with Crippen LogP contribution in [-0.4, -0.2) is 36.5 Å². The van der Waals surface area contributed by atoms with Crippen molar-refractivity contribution < 1.29 is 4.79 Å². The fourth-order valence-corrected chi connectivity index (χ4v) is 5.63. The summed E-state index contributed by atoms with van der Waals surface area (Å²) in [6, 6.07) is 10.5. The van der Waals surface area contributed by atoms with Gasteiger partial charge in [0, 0.05) is 23.0 Å². The molecule has 1 aromatic carbocycles. The number of aryl methyl sites for hydroxylation is 1. The lowest BCUT2D eigenvalue weighted by Gasteiger charge is -2.44. The van der Waals surface area contributed by atoms with E-state index in [2.05, 4.69) is 28.6 Å². The molecule has 4 heterocycles. The van der Waals surface area contributed by atoms with Gasteiger partial charge in [-0.2, -0.15) is 0 Å². The zero-order valence-corrected chi connectivity index (χ0v) is 15.5. The fraction of sp³-hybridized carbons (Fsp3) is 0.421. The molecule has 2 aromatic rings. The molecule has 3 aliphatic heterocycles. The largest absolute Gasteiger partial charge is 0.348 e. The molecular formula is C19H22N2OS2. The van der Waals surface area contributed by atoms with Crippen LogP contribution in [0.25, 0.3) is 0 Å². The quantitative estimate of drug-likeness (QED) is 0.895. The highest BCUT2D eigenvalue weighted by Crippen LogP contribution is 2.33. The van der Waals surface area contributed by atoms with Gasteiger partial charge >= 0.3 is 0 Å². The van der Waals surface area contributed by atoms with Gasteiger partial charge in [0.1, 0.15) is 0 Å². The Morgan fingerprint density at radius 2 is 2.00 bits per heavy atom. The Morgan fingerprint density at radius 1 is 1.25 bits per heavy atom. The van der Waals surface area contributed by atoms with Crippen molar-refractivity contribution in [1.29, 1.82) is 0 Å². The van der Waals surface area contributed by atoms with Crippen molar-refractivity contribution in [2.45, 2.75) is 34.9 Å². The highest BCUT2D eigenvalue weighted by atomic mass is 32.2. The van der Waals surface area contributed by atoms with Crippen molar-refractivity contribution in [3.8, 4) is 0 Å². The highest BCUT2D eigenvalue weighted by Gasteiger charge is 2.34. The third kappa shape index (κ3) is 3.53. The maximum atomic E-state index is 12.5. The zero-order valence-electron chi connectivity index (χ0n) is 13.8. The molecule has 1 aromatic heterocycles. The van der Waals surface area contributed by atoms with Gasteiger partial charge in [0.2, 0.25) is 0 Å². The SMILES string of the molecule is Cc1csc(Sc2ccc(C(=O)NC3CN4CCC3CC4)cc2)c1. The normalized spacial score (nSPS) is 25.6. The fourth-order valence-electron chi connectivity index (χ4n) is 3.63. The lowest BCUT2D eigenvalue weighted by Crippen LogP contribution is -2.57. The second-order valence-corrected chi connectivity index (χ2v) is 9.07. The van der Waals surface area contributed by atoms with Crippen molar-refractivity contribution in [2.75, 3.05) is 19.6 Å². The predicted octanol–water partition coefficient (Wildman–Crippen LogP) is 4.03. The van der Waals surface area contributed by atoms with Crippen LogP contribution in [0.2, 0.25) is 0 Å². The van der Waals surface area contributed by atoms with E-state index in [4.69, 9.17) is 0 Å². The minimum Gasteiger partial charge on any atom is -0.348 e. The second kappa shape index (κ2) is 6.90. The standard InChI is InChI=1S/C19H22N2OS2/c1-13-10-18(23-12-13)24-16-4-2-15(3-5-16)19(22)20-17-11-21-8-6-14(17)7-9-21/h2-5,10,12,14,17H,6-9,11H2,1H3,(H,20,22). The van der Waals surface area contributed by atoms with Gasteiger partial charge in [0.25, 0.3) is 5.91 Å². The van der Waals surface area contributed by atoms with E-state index in [0.29, 0.717) is 12.0 Å². The van der Waals surface area contributed by atoms with Crippen LogP contribution in [0, 0.1) is 12.8 Å². The van der Waals surface area contributed by atoms with Gasteiger partial charge < -0.3 is 10.2 Å². The minimum atomic E-state index is 0.0669. The number of amides is 1.